The summed E-state index contributed by atoms with van der Waals surface area (Å²) in [7, 11) is 0. The smallest absolute Gasteiger partial charge is 0.303 e. The van der Waals surface area contributed by atoms with Gasteiger partial charge in [-0.3, -0.25) is 24.0 Å². The lowest BCUT2D eigenvalue weighted by molar-refractivity contribution is -0.306. The molecule has 0 aromatic heterocycles. The van der Waals surface area contributed by atoms with E-state index in [-0.39, 0.29) is 19.2 Å². The van der Waals surface area contributed by atoms with Crippen molar-refractivity contribution < 1.29 is 57.1 Å². The predicted octanol–water partition coefficient (Wildman–Crippen LogP) is 11.4. The normalized spacial score (nSPS) is 19.6. The highest BCUT2D eigenvalue weighted by Crippen LogP contribution is 2.31. The van der Waals surface area contributed by atoms with Gasteiger partial charge < -0.3 is 33.2 Å². The second kappa shape index (κ2) is 35.5. The maximum atomic E-state index is 12.4. The zero-order valence-corrected chi connectivity index (χ0v) is 39.6. The summed E-state index contributed by atoms with van der Waals surface area (Å²) in [5, 5.41) is 0. The first-order chi connectivity index (χ1) is 29.2. The summed E-state index contributed by atoms with van der Waals surface area (Å²) in [5.74, 6) is -2.28. The van der Waals surface area contributed by atoms with Crippen molar-refractivity contribution in [1.82, 2.24) is 0 Å². The van der Waals surface area contributed by atoms with Gasteiger partial charge in [-0.15, -0.1) is 0 Å². The first-order valence-electron chi connectivity index (χ1n) is 24.0. The average molecular weight is 867 g/mol. The summed E-state index contributed by atoms with van der Waals surface area (Å²) < 4.78 is 40.4. The Hall–Kier alpha value is -2.99. The maximum Gasteiger partial charge on any atom is 0.303 e. The molecule has 1 saturated heterocycles. The second-order valence-electron chi connectivity index (χ2n) is 17.5. The average Bonchev–Trinajstić information content (AvgIpc) is 3.17. The summed E-state index contributed by atoms with van der Waals surface area (Å²) in [6, 6.07) is 0. The molecule has 61 heavy (non-hydrogen) atoms. The van der Waals surface area contributed by atoms with Crippen LogP contribution >= 0.6 is 0 Å². The van der Waals surface area contributed by atoms with Crippen molar-refractivity contribution in [3.8, 4) is 0 Å². The van der Waals surface area contributed by atoms with Crippen molar-refractivity contribution in [2.24, 2.45) is 5.92 Å². The number of unbranched alkanes of at least 4 members (excludes halogenated alkanes) is 20. The Balaban J connectivity index is 3.10. The number of hydrogen-bond donors (Lipinski definition) is 0. The summed E-state index contributed by atoms with van der Waals surface area (Å²) in [5.41, 5.74) is 0.889. The Morgan fingerprint density at radius 2 is 0.967 bits per heavy atom. The number of hydrogen-bond acceptors (Lipinski definition) is 12. The molecule has 354 valence electrons. The molecule has 1 heterocycles. The molecule has 0 aliphatic carbocycles. The van der Waals surface area contributed by atoms with Crippen LogP contribution in [-0.2, 0) is 57.1 Å². The van der Waals surface area contributed by atoms with Crippen LogP contribution < -0.4 is 0 Å². The van der Waals surface area contributed by atoms with Crippen molar-refractivity contribution in [3.05, 3.63) is 11.6 Å². The van der Waals surface area contributed by atoms with E-state index >= 15 is 0 Å². The van der Waals surface area contributed by atoms with Crippen molar-refractivity contribution in [2.75, 3.05) is 13.2 Å². The van der Waals surface area contributed by atoms with Crippen molar-refractivity contribution in [2.45, 2.75) is 253 Å². The van der Waals surface area contributed by atoms with Gasteiger partial charge in [0.2, 0.25) is 0 Å². The molecule has 0 bridgehead atoms. The highest BCUT2D eigenvalue weighted by Gasteiger charge is 2.52. The Bertz CT molecular complexity index is 1230. The van der Waals surface area contributed by atoms with E-state index in [1.807, 2.05) is 6.08 Å². The van der Waals surface area contributed by atoms with Crippen molar-refractivity contribution >= 4 is 29.8 Å². The SMILES string of the molecule is CCCCCCCCCCCCCC/C(=C\[C@H](CCCCCCCCCCCCC(C)C)OC(C)=O)CO[C@@H]1O[C@H](COC(C)=O)[C@@H](OC(C)=O)[C@H](OC(C)=O)[C@H]1OC(C)=O. The van der Waals surface area contributed by atoms with E-state index in [0.717, 1.165) is 50.0 Å². The van der Waals surface area contributed by atoms with Crippen LogP contribution in [0.2, 0.25) is 0 Å². The molecule has 1 aliphatic heterocycles. The van der Waals surface area contributed by atoms with Crippen molar-refractivity contribution in [1.29, 1.82) is 0 Å². The molecule has 0 aromatic rings. The number of rotatable bonds is 36. The molecule has 1 fully saturated rings. The second-order valence-corrected chi connectivity index (χ2v) is 17.5. The summed E-state index contributed by atoms with van der Waals surface area (Å²) >= 11 is 0. The van der Waals surface area contributed by atoms with Crippen LogP contribution in [0.15, 0.2) is 11.6 Å². The van der Waals surface area contributed by atoms with Crippen LogP contribution in [0.1, 0.15) is 216 Å². The van der Waals surface area contributed by atoms with E-state index in [4.69, 9.17) is 33.2 Å². The third-order valence-electron chi connectivity index (χ3n) is 11.0. The molecule has 12 nitrogen and oxygen atoms in total. The Kier molecular flexibility index (Phi) is 32.6. The van der Waals surface area contributed by atoms with Gasteiger partial charge in [0, 0.05) is 34.6 Å². The number of carbonyl (C=O) groups is 5. The quantitative estimate of drug-likeness (QED) is 0.0255. The van der Waals surface area contributed by atoms with E-state index in [0.29, 0.717) is 12.8 Å². The van der Waals surface area contributed by atoms with E-state index in [1.54, 1.807) is 0 Å². The highest BCUT2D eigenvalue weighted by atomic mass is 16.7. The standard InChI is InChI=1S/C49H86O12/c1-9-10-11-12-13-14-15-16-20-23-26-29-32-43(34-44(57-39(5)51)33-30-27-24-21-18-17-19-22-25-28-31-37(2)3)35-56-49-48(60-42(8)54)47(59-41(7)53)46(58-40(6)52)45(61-49)36-55-38(4)50/h34,37,44-49H,9-33,35-36H2,1-8H3/b43-34+/t44-,45+,46+,47-,48+,49+/m0/s1. The van der Waals surface area contributed by atoms with Gasteiger partial charge in [-0.1, -0.05) is 156 Å². The Labute approximate surface area is 369 Å². The molecule has 0 saturated carbocycles. The fourth-order valence-corrected chi connectivity index (χ4v) is 7.87. The van der Waals surface area contributed by atoms with Gasteiger partial charge in [0.25, 0.3) is 0 Å². The molecule has 0 unspecified atom stereocenters. The van der Waals surface area contributed by atoms with Gasteiger partial charge in [-0.25, -0.2) is 0 Å². The first kappa shape index (κ1) is 56.0. The summed E-state index contributed by atoms with van der Waals surface area (Å²) in [4.78, 5) is 61.0. The highest BCUT2D eigenvalue weighted by molar-refractivity contribution is 5.69. The molecule has 0 spiro atoms. The molecular weight excluding hydrogens is 781 g/mol. The maximum absolute atomic E-state index is 12.4. The van der Waals surface area contributed by atoms with E-state index in [9.17, 15) is 24.0 Å². The minimum atomic E-state index is -1.32. The number of esters is 5. The minimum absolute atomic E-state index is 0.0288. The molecule has 0 radical (unpaired) electrons. The molecule has 1 rings (SSSR count). The molecule has 12 heteroatoms. The van der Waals surface area contributed by atoms with Crippen LogP contribution in [0.3, 0.4) is 0 Å². The number of carbonyl (C=O) groups excluding carboxylic acids is 5. The first-order valence-corrected chi connectivity index (χ1v) is 24.0. The van der Waals surface area contributed by atoms with Gasteiger partial charge in [-0.05, 0) is 43.3 Å². The lowest BCUT2D eigenvalue weighted by Crippen LogP contribution is -2.63. The summed E-state index contributed by atoms with van der Waals surface area (Å²) in [6.07, 6.45) is 24.6. The largest absolute Gasteiger partial charge is 0.463 e. The van der Waals surface area contributed by atoms with E-state index in [2.05, 4.69) is 20.8 Å². The van der Waals surface area contributed by atoms with Crippen LogP contribution in [0.4, 0.5) is 0 Å². The molecule has 0 aromatic carbocycles. The van der Waals surface area contributed by atoms with Gasteiger partial charge in [0.1, 0.15) is 18.8 Å². The monoisotopic (exact) mass is 867 g/mol. The molecular formula is C49H86O12. The van der Waals surface area contributed by atoms with Gasteiger partial charge in [-0.2, -0.15) is 0 Å². The van der Waals surface area contributed by atoms with Crippen LogP contribution in [0.5, 0.6) is 0 Å². The molecule has 0 amide bonds. The lowest BCUT2D eigenvalue weighted by atomic mass is 9.98. The van der Waals surface area contributed by atoms with Crippen LogP contribution in [0, 0.1) is 5.92 Å². The van der Waals surface area contributed by atoms with Crippen LogP contribution in [-0.4, -0.2) is 79.9 Å². The summed E-state index contributed by atoms with van der Waals surface area (Å²) in [6.45, 7) is 12.7. The van der Waals surface area contributed by atoms with Gasteiger partial charge in [0.05, 0.1) is 6.61 Å². The molecule has 0 N–H and O–H groups in total. The molecule has 6 atom stereocenters. The minimum Gasteiger partial charge on any atom is -0.463 e. The van der Waals surface area contributed by atoms with Crippen LogP contribution in [0.25, 0.3) is 0 Å². The molecule has 1 aliphatic rings. The Morgan fingerprint density at radius 1 is 0.525 bits per heavy atom. The zero-order valence-electron chi connectivity index (χ0n) is 39.6. The third kappa shape index (κ3) is 29.9. The number of ether oxygens (including phenoxy) is 7. The fraction of sp³-hybridized carbons (Fsp3) is 0.857. The predicted molar refractivity (Wildman–Crippen MR) is 237 cm³/mol. The zero-order chi connectivity index (χ0) is 45.3. The van der Waals surface area contributed by atoms with E-state index in [1.165, 1.54) is 144 Å². The topological polar surface area (TPSA) is 150 Å². The lowest BCUT2D eigenvalue weighted by Gasteiger charge is -2.44. The van der Waals surface area contributed by atoms with Gasteiger partial charge >= 0.3 is 29.8 Å². The third-order valence-corrected chi connectivity index (χ3v) is 11.0. The fourth-order valence-electron chi connectivity index (χ4n) is 7.87. The van der Waals surface area contributed by atoms with Gasteiger partial charge in [0.15, 0.2) is 24.6 Å². The van der Waals surface area contributed by atoms with E-state index < -0.39 is 60.7 Å². The van der Waals surface area contributed by atoms with Crippen molar-refractivity contribution in [3.63, 3.8) is 0 Å². The Morgan fingerprint density at radius 3 is 1.43 bits per heavy atom.